The maximum absolute atomic E-state index is 12.0. The van der Waals surface area contributed by atoms with Crippen LogP contribution in [0.5, 0.6) is 0 Å². The second-order valence-electron chi connectivity index (χ2n) is 4.48. The minimum Gasteiger partial charge on any atom is -0.312 e. The maximum atomic E-state index is 12.0. The molecule has 1 amide bonds. The Kier molecular flexibility index (Phi) is 3.57. The Balaban J connectivity index is 1.96. The van der Waals surface area contributed by atoms with Crippen LogP contribution in [0.3, 0.4) is 0 Å². The highest BCUT2D eigenvalue weighted by atomic mass is 16.2. The molecule has 0 atom stereocenters. The molecule has 0 aromatic heterocycles. The smallest absolute Gasteiger partial charge is 0.227 e. The van der Waals surface area contributed by atoms with Crippen molar-refractivity contribution in [3.05, 3.63) is 29.8 Å². The summed E-state index contributed by atoms with van der Waals surface area (Å²) in [4.78, 5) is 24.7. The fraction of sp³-hybridized carbons (Fsp3) is 0.429. The molecule has 1 aromatic rings. The van der Waals surface area contributed by atoms with Crippen molar-refractivity contribution in [3.63, 3.8) is 0 Å². The van der Waals surface area contributed by atoms with Crippen molar-refractivity contribution in [2.24, 2.45) is 0 Å². The third kappa shape index (κ3) is 2.73. The van der Waals surface area contributed by atoms with Crippen molar-refractivity contribution in [2.75, 3.05) is 11.4 Å². The van der Waals surface area contributed by atoms with E-state index in [-0.39, 0.29) is 11.7 Å². The zero-order valence-electron chi connectivity index (χ0n) is 10.1. The van der Waals surface area contributed by atoms with Gasteiger partial charge in [-0.1, -0.05) is 18.2 Å². The number of benzene rings is 1. The standard InChI is InChI=1S/C14H17NO2/c1-11(16)5-4-8-14(17)15-10-9-12-6-2-3-7-13(12)15/h2-3,6-7H,4-5,8-10H2,1H3. The number of amides is 1. The van der Waals surface area contributed by atoms with E-state index < -0.39 is 0 Å². The number of ketones is 1. The van der Waals surface area contributed by atoms with Gasteiger partial charge in [0.05, 0.1) is 0 Å². The van der Waals surface area contributed by atoms with Gasteiger partial charge in [0.1, 0.15) is 5.78 Å². The SMILES string of the molecule is CC(=O)CCCC(=O)N1CCc2ccccc21. The number of para-hydroxylation sites is 1. The molecule has 0 radical (unpaired) electrons. The lowest BCUT2D eigenvalue weighted by Crippen LogP contribution is -2.28. The average Bonchev–Trinajstić information content (AvgIpc) is 2.72. The van der Waals surface area contributed by atoms with Gasteiger partial charge in [-0.15, -0.1) is 0 Å². The van der Waals surface area contributed by atoms with Crippen LogP contribution >= 0.6 is 0 Å². The van der Waals surface area contributed by atoms with Crippen LogP contribution in [-0.4, -0.2) is 18.2 Å². The van der Waals surface area contributed by atoms with E-state index in [1.165, 1.54) is 5.56 Å². The van der Waals surface area contributed by atoms with Crippen molar-refractivity contribution in [2.45, 2.75) is 32.6 Å². The molecule has 0 spiro atoms. The molecule has 0 aliphatic carbocycles. The molecule has 3 nitrogen and oxygen atoms in total. The van der Waals surface area contributed by atoms with Crippen LogP contribution < -0.4 is 4.90 Å². The van der Waals surface area contributed by atoms with Gasteiger partial charge in [0.2, 0.25) is 5.91 Å². The average molecular weight is 231 g/mol. The van der Waals surface area contributed by atoms with Crippen molar-refractivity contribution in [1.29, 1.82) is 0 Å². The molecule has 1 aliphatic heterocycles. The highest BCUT2D eigenvalue weighted by Gasteiger charge is 2.23. The number of fused-ring (bicyclic) bond motifs is 1. The van der Waals surface area contributed by atoms with E-state index in [4.69, 9.17) is 0 Å². The van der Waals surface area contributed by atoms with Crippen molar-refractivity contribution < 1.29 is 9.59 Å². The molecular weight excluding hydrogens is 214 g/mol. The first-order valence-electron chi connectivity index (χ1n) is 6.06. The molecular formula is C14H17NO2. The summed E-state index contributed by atoms with van der Waals surface area (Å²) in [5.74, 6) is 0.288. The van der Waals surface area contributed by atoms with E-state index >= 15 is 0 Å². The number of carbonyl (C=O) groups excluding carboxylic acids is 2. The molecule has 2 rings (SSSR count). The Morgan fingerprint density at radius 2 is 2.00 bits per heavy atom. The summed E-state index contributed by atoms with van der Waals surface area (Å²) in [5, 5.41) is 0. The number of hydrogen-bond donors (Lipinski definition) is 0. The molecule has 0 saturated carbocycles. The number of rotatable bonds is 4. The largest absolute Gasteiger partial charge is 0.312 e. The van der Waals surface area contributed by atoms with Gasteiger partial charge < -0.3 is 9.69 Å². The van der Waals surface area contributed by atoms with E-state index in [2.05, 4.69) is 6.07 Å². The molecule has 90 valence electrons. The molecule has 0 unspecified atom stereocenters. The second kappa shape index (κ2) is 5.13. The Morgan fingerprint density at radius 3 is 2.76 bits per heavy atom. The predicted octanol–water partition coefficient (Wildman–Crippen LogP) is 2.33. The van der Waals surface area contributed by atoms with Crippen molar-refractivity contribution in [1.82, 2.24) is 0 Å². The maximum Gasteiger partial charge on any atom is 0.227 e. The molecule has 3 heteroatoms. The van der Waals surface area contributed by atoms with E-state index in [0.717, 1.165) is 18.7 Å². The molecule has 1 heterocycles. The summed E-state index contributed by atoms with van der Waals surface area (Å²) in [6.45, 7) is 2.34. The monoisotopic (exact) mass is 231 g/mol. The fourth-order valence-electron chi connectivity index (χ4n) is 2.22. The van der Waals surface area contributed by atoms with Gasteiger partial charge in [0.25, 0.3) is 0 Å². The molecule has 17 heavy (non-hydrogen) atoms. The fourth-order valence-corrected chi connectivity index (χ4v) is 2.22. The van der Waals surface area contributed by atoms with Gasteiger partial charge in [-0.3, -0.25) is 4.79 Å². The normalized spacial score (nSPS) is 13.6. The highest BCUT2D eigenvalue weighted by molar-refractivity contribution is 5.95. The lowest BCUT2D eigenvalue weighted by molar-refractivity contribution is -0.119. The van der Waals surface area contributed by atoms with Crippen molar-refractivity contribution in [3.8, 4) is 0 Å². The van der Waals surface area contributed by atoms with Crippen LogP contribution in [0.15, 0.2) is 24.3 Å². The van der Waals surface area contributed by atoms with Crippen LogP contribution in [-0.2, 0) is 16.0 Å². The minimum absolute atomic E-state index is 0.135. The van der Waals surface area contributed by atoms with Crippen molar-refractivity contribution >= 4 is 17.4 Å². The van der Waals surface area contributed by atoms with Crippen LogP contribution in [0.2, 0.25) is 0 Å². The number of Topliss-reactive ketones (excluding diaryl/α,β-unsaturated/α-hetero) is 1. The minimum atomic E-state index is 0.135. The Morgan fingerprint density at radius 1 is 1.24 bits per heavy atom. The summed E-state index contributed by atoms with van der Waals surface area (Å²) in [5.41, 5.74) is 2.28. The third-order valence-electron chi connectivity index (χ3n) is 3.11. The number of nitrogens with zero attached hydrogens (tertiary/aromatic N) is 1. The Bertz CT molecular complexity index is 440. The quantitative estimate of drug-likeness (QED) is 0.797. The zero-order chi connectivity index (χ0) is 12.3. The third-order valence-corrected chi connectivity index (χ3v) is 3.11. The van der Waals surface area contributed by atoms with Crippen LogP contribution in [0.4, 0.5) is 5.69 Å². The molecule has 1 aliphatic rings. The van der Waals surface area contributed by atoms with Gasteiger partial charge >= 0.3 is 0 Å². The van der Waals surface area contributed by atoms with Gasteiger partial charge in [0, 0.05) is 25.1 Å². The topological polar surface area (TPSA) is 37.4 Å². The van der Waals surface area contributed by atoms with Gasteiger partial charge in [0.15, 0.2) is 0 Å². The molecule has 0 N–H and O–H groups in total. The van der Waals surface area contributed by atoms with Gasteiger partial charge in [-0.2, -0.15) is 0 Å². The van der Waals surface area contributed by atoms with E-state index in [1.807, 2.05) is 23.1 Å². The summed E-state index contributed by atoms with van der Waals surface area (Å²) >= 11 is 0. The molecule has 0 bridgehead atoms. The van der Waals surface area contributed by atoms with E-state index in [9.17, 15) is 9.59 Å². The number of carbonyl (C=O) groups is 2. The van der Waals surface area contributed by atoms with E-state index in [0.29, 0.717) is 19.3 Å². The summed E-state index contributed by atoms with van der Waals surface area (Å²) < 4.78 is 0. The number of hydrogen-bond acceptors (Lipinski definition) is 2. The summed E-state index contributed by atoms with van der Waals surface area (Å²) in [6, 6.07) is 8.02. The lowest BCUT2D eigenvalue weighted by atomic mass is 10.1. The molecule has 0 fully saturated rings. The number of anilines is 1. The lowest BCUT2D eigenvalue weighted by Gasteiger charge is -2.16. The summed E-state index contributed by atoms with van der Waals surface area (Å²) in [7, 11) is 0. The molecule has 1 aromatic carbocycles. The zero-order valence-corrected chi connectivity index (χ0v) is 10.1. The first-order chi connectivity index (χ1) is 8.18. The highest BCUT2D eigenvalue weighted by Crippen LogP contribution is 2.28. The van der Waals surface area contributed by atoms with Gasteiger partial charge in [-0.25, -0.2) is 0 Å². The predicted molar refractivity (Wildman–Crippen MR) is 67.0 cm³/mol. The Labute approximate surface area is 101 Å². The first kappa shape index (κ1) is 11.8. The Hall–Kier alpha value is -1.64. The van der Waals surface area contributed by atoms with Crippen LogP contribution in [0.25, 0.3) is 0 Å². The summed E-state index contributed by atoms with van der Waals surface area (Å²) in [6.07, 6.45) is 2.57. The van der Waals surface area contributed by atoms with Crippen LogP contribution in [0, 0.1) is 0 Å². The second-order valence-corrected chi connectivity index (χ2v) is 4.48. The van der Waals surface area contributed by atoms with Crippen LogP contribution in [0.1, 0.15) is 31.7 Å². The first-order valence-corrected chi connectivity index (χ1v) is 6.06. The van der Waals surface area contributed by atoms with Gasteiger partial charge in [-0.05, 0) is 31.4 Å². The molecule has 0 saturated heterocycles. The van der Waals surface area contributed by atoms with E-state index in [1.54, 1.807) is 6.92 Å².